The molecule has 4 heterocycles. The molecule has 0 saturated carbocycles. The first-order valence-electron chi connectivity index (χ1n) is 24.1. The summed E-state index contributed by atoms with van der Waals surface area (Å²) < 4.78 is 0. The third-order valence-corrected chi connectivity index (χ3v) is 11.5. The van der Waals surface area contributed by atoms with Crippen LogP contribution in [-0.4, -0.2) is 192 Å². The average molecular weight is 1020 g/mol. The Morgan fingerprint density at radius 3 is 0.958 bits per heavy atom. The molecule has 2 saturated heterocycles. The Morgan fingerprint density at radius 2 is 0.722 bits per heavy atom. The fourth-order valence-corrected chi connectivity index (χ4v) is 7.54. The van der Waals surface area contributed by atoms with Crippen LogP contribution in [-0.2, 0) is 57.7 Å². The molecule has 400 valence electrons. The maximum Gasteiger partial charge on any atom is 0.303 e. The molecule has 0 aromatic carbocycles. The van der Waals surface area contributed by atoms with E-state index in [1.54, 1.807) is 9.80 Å². The van der Waals surface area contributed by atoms with Crippen molar-refractivity contribution in [2.45, 2.75) is 114 Å². The van der Waals surface area contributed by atoms with Crippen LogP contribution in [0.15, 0.2) is 0 Å². The van der Waals surface area contributed by atoms with Crippen LogP contribution in [0.3, 0.4) is 0 Å². The molecule has 28 nitrogen and oxygen atoms in total. The maximum absolute atomic E-state index is 11.7. The predicted molar refractivity (Wildman–Crippen MR) is 255 cm³/mol. The molecular formula is C44H68N12O16. The molecule has 2 aromatic heterocycles. The number of hydrogen-bond donors (Lipinski definition) is 8. The average Bonchev–Trinajstić information content (AvgIpc) is 3.38. The van der Waals surface area contributed by atoms with Gasteiger partial charge in [-0.1, -0.05) is 0 Å². The number of carbonyl (C=O) groups excluding carboxylic acids is 4. The lowest BCUT2D eigenvalue weighted by atomic mass is 10.1. The summed E-state index contributed by atoms with van der Waals surface area (Å²) in [5.74, 6) is -2.82. The van der Waals surface area contributed by atoms with Gasteiger partial charge in [0.1, 0.15) is 36.2 Å². The second-order valence-corrected chi connectivity index (χ2v) is 17.0. The lowest BCUT2D eigenvalue weighted by Gasteiger charge is -2.33. The van der Waals surface area contributed by atoms with Crippen LogP contribution in [0.2, 0.25) is 0 Å². The van der Waals surface area contributed by atoms with E-state index < -0.39 is 48.0 Å². The minimum absolute atomic E-state index is 0.00814. The zero-order chi connectivity index (χ0) is 52.1. The third kappa shape index (κ3) is 20.9. The maximum atomic E-state index is 11.7. The van der Waals surface area contributed by atoms with Crippen molar-refractivity contribution in [3.63, 3.8) is 0 Å². The second-order valence-electron chi connectivity index (χ2n) is 17.0. The Morgan fingerprint density at radius 1 is 0.458 bits per heavy atom. The Balaban J connectivity index is 1.77. The smallest absolute Gasteiger partial charge is 0.303 e. The number of piperidine rings is 2. The Kier molecular flexibility index (Phi) is 26.6. The van der Waals surface area contributed by atoms with Gasteiger partial charge in [0.2, 0.25) is 11.9 Å². The fraction of sp³-hybridized carbons (Fsp3) is 0.682. The van der Waals surface area contributed by atoms with Gasteiger partial charge in [-0.25, -0.2) is 9.97 Å². The number of carboxylic acid groups (broad SMARTS) is 4. The molecule has 4 atom stereocenters. The number of aldehydes is 4. The number of aliphatic carboxylic acids is 4. The van der Waals surface area contributed by atoms with E-state index in [9.17, 15) is 38.4 Å². The minimum atomic E-state index is -1.07. The van der Waals surface area contributed by atoms with Crippen LogP contribution in [0.1, 0.15) is 89.9 Å². The molecule has 0 aliphatic carbocycles. The number of nitrogens with zero attached hydrogens (tertiary/aromatic N) is 8. The number of carbonyl (C=O) groups is 8. The van der Waals surface area contributed by atoms with Gasteiger partial charge in [-0.15, -0.1) is 0 Å². The molecule has 2 fully saturated rings. The number of fused-ring (bicyclic) bond motifs is 1. The van der Waals surface area contributed by atoms with Crippen molar-refractivity contribution in [2.75, 3.05) is 98.4 Å². The number of hydrogen-bond acceptors (Lipinski definition) is 24. The Labute approximate surface area is 415 Å². The van der Waals surface area contributed by atoms with Gasteiger partial charge in [0.25, 0.3) is 0 Å². The quantitative estimate of drug-likeness (QED) is 0.0244. The third-order valence-electron chi connectivity index (χ3n) is 11.5. The van der Waals surface area contributed by atoms with Crippen molar-refractivity contribution >= 4 is 83.6 Å². The van der Waals surface area contributed by atoms with E-state index in [2.05, 4.69) is 31.7 Å². The van der Waals surface area contributed by atoms with Gasteiger partial charge in [0.05, 0.1) is 50.6 Å². The molecule has 0 spiro atoms. The van der Waals surface area contributed by atoms with Crippen molar-refractivity contribution in [3.05, 3.63) is 0 Å². The molecule has 4 rings (SSSR count). The first-order chi connectivity index (χ1) is 34.8. The van der Waals surface area contributed by atoms with Crippen LogP contribution in [0.25, 0.3) is 11.0 Å². The van der Waals surface area contributed by atoms with E-state index in [1.165, 1.54) is 0 Å². The molecule has 72 heavy (non-hydrogen) atoms. The molecule has 0 radical (unpaired) electrons. The van der Waals surface area contributed by atoms with E-state index in [1.807, 2.05) is 0 Å². The monoisotopic (exact) mass is 1020 g/mol. The minimum Gasteiger partial charge on any atom is -0.481 e. The van der Waals surface area contributed by atoms with Crippen molar-refractivity contribution in [3.8, 4) is 0 Å². The zero-order valence-electron chi connectivity index (χ0n) is 40.3. The lowest BCUT2D eigenvalue weighted by molar-refractivity contribution is -0.138. The summed E-state index contributed by atoms with van der Waals surface area (Å²) in [5, 5.41) is 36.5. The fourth-order valence-electron chi connectivity index (χ4n) is 7.54. The van der Waals surface area contributed by atoms with Gasteiger partial charge in [0.15, 0.2) is 11.6 Å². The molecule has 0 bridgehead atoms. The molecule has 28 heteroatoms. The summed E-state index contributed by atoms with van der Waals surface area (Å²) in [5.41, 5.74) is 11.3. The molecule has 8 N–H and O–H groups in total. The summed E-state index contributed by atoms with van der Waals surface area (Å²) >= 11 is 0. The molecular weight excluding hydrogens is 953 g/mol. The van der Waals surface area contributed by atoms with E-state index in [0.29, 0.717) is 74.0 Å². The summed E-state index contributed by atoms with van der Waals surface area (Å²) in [6, 6.07) is -3.58. The summed E-state index contributed by atoms with van der Waals surface area (Å²) in [6.45, 7) is 2.82. The van der Waals surface area contributed by atoms with Crippen molar-refractivity contribution in [1.29, 1.82) is 0 Å². The Hall–Kier alpha value is -6.14. The summed E-state index contributed by atoms with van der Waals surface area (Å²) in [4.78, 5) is 142. The highest BCUT2D eigenvalue weighted by molar-refractivity contribution is 5.95. The number of hydroxylamine groups is 4. The highest BCUT2D eigenvalue weighted by Gasteiger charge is 2.28. The number of nitrogens with one attached hydrogen (secondary N) is 4. The van der Waals surface area contributed by atoms with Crippen molar-refractivity contribution in [1.82, 2.24) is 41.9 Å². The van der Waals surface area contributed by atoms with Gasteiger partial charge in [0, 0.05) is 78.0 Å². The van der Waals surface area contributed by atoms with Crippen molar-refractivity contribution in [2.24, 2.45) is 0 Å². The molecule has 0 amide bonds. The predicted octanol–water partition coefficient (Wildman–Crippen LogP) is -0.173. The van der Waals surface area contributed by atoms with Gasteiger partial charge in [-0.05, 0) is 64.2 Å². The van der Waals surface area contributed by atoms with E-state index in [-0.39, 0.29) is 116 Å². The van der Waals surface area contributed by atoms with Crippen LogP contribution in [0, 0.1) is 0 Å². The standard InChI is InChI=1S/C44H68N12O16/c57-27-31(7-11-35(61)62)49-69-23-19-55(20-24-70-50-32(28-58)8-12-36(63)64)43-46-40-39(41(47-43)53-15-3-1-4-16-53)45-44(48-42(40)54-17-5-2-6-18-54)56(21-25-71-51-33(29-59)9-13-37(65)66)22-26-72-52-34(30-60)10-14-38(67)68/h27-34,49-52H,1-26H2,(H,61,62)(H,63,64)(H,65,66)(H,67,68)/t31-,32-,33-,34-/m0/s1. The number of rotatable bonds is 40. The number of carboxylic acids is 4. The summed E-state index contributed by atoms with van der Waals surface area (Å²) in [7, 11) is 0. The van der Waals surface area contributed by atoms with E-state index >= 15 is 0 Å². The van der Waals surface area contributed by atoms with E-state index in [0.717, 1.165) is 38.5 Å². The zero-order valence-corrected chi connectivity index (χ0v) is 40.3. The van der Waals surface area contributed by atoms with Gasteiger partial charge >= 0.3 is 23.9 Å². The van der Waals surface area contributed by atoms with Gasteiger partial charge in [-0.2, -0.15) is 31.9 Å². The highest BCUT2D eigenvalue weighted by atomic mass is 16.7. The molecule has 2 aliphatic heterocycles. The van der Waals surface area contributed by atoms with Crippen LogP contribution < -0.4 is 41.5 Å². The normalized spacial score (nSPS) is 15.6. The largest absolute Gasteiger partial charge is 0.481 e. The van der Waals surface area contributed by atoms with Crippen LogP contribution in [0.4, 0.5) is 23.5 Å². The van der Waals surface area contributed by atoms with Crippen LogP contribution >= 0.6 is 0 Å². The van der Waals surface area contributed by atoms with Crippen LogP contribution in [0.5, 0.6) is 0 Å². The second kappa shape index (κ2) is 32.8. The number of aromatic nitrogens is 4. The first kappa shape index (κ1) is 58.4. The highest BCUT2D eigenvalue weighted by Crippen LogP contribution is 2.35. The molecule has 2 aliphatic rings. The Bertz CT molecular complexity index is 1830. The lowest BCUT2D eigenvalue weighted by Crippen LogP contribution is -2.40. The van der Waals surface area contributed by atoms with Gasteiger partial charge in [-0.3, -0.25) is 38.5 Å². The molecule has 2 aromatic rings. The SMILES string of the molecule is O=C[C@H](CCC(=O)O)NOCCN(CCON[C@H](C=O)CCC(=O)O)c1nc(N2CCCCC2)c2nc(N(CCON[C@H](C=O)CCC(=O)O)CCON[C@H](C=O)CCC(=O)O)nc(N3CCCCC3)c2n1. The molecule has 0 unspecified atom stereocenters. The van der Waals surface area contributed by atoms with Crippen molar-refractivity contribution < 1.29 is 78.1 Å². The number of anilines is 4. The van der Waals surface area contributed by atoms with Gasteiger partial charge < -0.3 is 59.2 Å². The topological polar surface area (TPSA) is 367 Å². The first-order valence-corrected chi connectivity index (χ1v) is 24.1. The van der Waals surface area contributed by atoms with E-state index in [4.69, 9.17) is 59.7 Å². The summed E-state index contributed by atoms with van der Waals surface area (Å²) in [6.07, 6.45) is 6.58.